The Kier molecular flexibility index (Phi) is 4.14. The summed E-state index contributed by atoms with van der Waals surface area (Å²) in [6, 6.07) is 6.37. The lowest BCUT2D eigenvalue weighted by Crippen LogP contribution is -2.44. The van der Waals surface area contributed by atoms with E-state index in [1.807, 2.05) is 0 Å². The molecule has 1 N–H and O–H groups in total. The number of ether oxygens (including phenoxy) is 1. The van der Waals surface area contributed by atoms with Gasteiger partial charge in [-0.3, -0.25) is 19.3 Å². The van der Waals surface area contributed by atoms with Gasteiger partial charge in [0, 0.05) is 13.2 Å². The highest BCUT2D eigenvalue weighted by molar-refractivity contribution is 6.22. The van der Waals surface area contributed by atoms with E-state index in [9.17, 15) is 14.4 Å². The van der Waals surface area contributed by atoms with E-state index >= 15 is 0 Å². The van der Waals surface area contributed by atoms with Gasteiger partial charge in [0.05, 0.1) is 17.7 Å². The summed E-state index contributed by atoms with van der Waals surface area (Å²) in [5, 5.41) is 2.67. The molecule has 6 nitrogen and oxygen atoms in total. The fourth-order valence-electron chi connectivity index (χ4n) is 2.14. The Bertz CT molecular complexity index is 521. The van der Waals surface area contributed by atoms with Crippen LogP contribution in [0.5, 0.6) is 0 Å². The fraction of sp³-hybridized carbons (Fsp3) is 0.357. The fourth-order valence-corrected chi connectivity index (χ4v) is 2.14. The average molecular weight is 276 g/mol. The van der Waals surface area contributed by atoms with Crippen LogP contribution in [0.2, 0.25) is 0 Å². The van der Waals surface area contributed by atoms with E-state index < -0.39 is 11.8 Å². The zero-order valence-corrected chi connectivity index (χ0v) is 11.4. The minimum absolute atomic E-state index is 0.178. The van der Waals surface area contributed by atoms with Gasteiger partial charge < -0.3 is 10.1 Å². The molecule has 0 spiro atoms. The Hall–Kier alpha value is -2.21. The van der Waals surface area contributed by atoms with E-state index in [1.165, 1.54) is 7.11 Å². The van der Waals surface area contributed by atoms with Crippen molar-refractivity contribution in [2.45, 2.75) is 13.0 Å². The number of carbonyl (C=O) groups is 3. The van der Waals surface area contributed by atoms with Crippen molar-refractivity contribution < 1.29 is 19.1 Å². The number of carbonyl (C=O) groups excluding carboxylic acids is 3. The predicted octanol–water partition coefficient (Wildman–Crippen LogP) is 0.434. The Morgan fingerprint density at radius 1 is 1.25 bits per heavy atom. The average Bonchev–Trinajstić information content (AvgIpc) is 2.65. The molecule has 1 aromatic rings. The summed E-state index contributed by atoms with van der Waals surface area (Å²) in [6.45, 7) is 1.87. The molecule has 1 aliphatic heterocycles. The van der Waals surface area contributed by atoms with Crippen LogP contribution in [-0.2, 0) is 9.53 Å². The number of amides is 3. The Morgan fingerprint density at radius 3 is 2.30 bits per heavy atom. The highest BCUT2D eigenvalue weighted by atomic mass is 16.5. The Labute approximate surface area is 116 Å². The maximum Gasteiger partial charge on any atom is 0.262 e. The summed E-state index contributed by atoms with van der Waals surface area (Å²) in [4.78, 5) is 36.9. The second kappa shape index (κ2) is 5.83. The number of methoxy groups -OCH3 is 1. The normalized spacial score (nSPS) is 15.2. The summed E-state index contributed by atoms with van der Waals surface area (Å²) >= 11 is 0. The third-order valence-electron chi connectivity index (χ3n) is 3.00. The van der Waals surface area contributed by atoms with Crippen LogP contribution in [0.4, 0.5) is 0 Å². The molecule has 0 radical (unpaired) electrons. The van der Waals surface area contributed by atoms with Crippen molar-refractivity contribution in [3.8, 4) is 0 Å². The van der Waals surface area contributed by atoms with Crippen molar-refractivity contribution in [2.75, 3.05) is 20.3 Å². The summed E-state index contributed by atoms with van der Waals surface area (Å²) in [5.74, 6) is -1.25. The largest absolute Gasteiger partial charge is 0.383 e. The molecule has 2 rings (SSSR count). The number of benzene rings is 1. The SMILES string of the molecule is COCC(C)NC(=O)CN1C(=O)c2ccccc2C1=O. The maximum absolute atomic E-state index is 12.1. The summed E-state index contributed by atoms with van der Waals surface area (Å²) in [5.41, 5.74) is 0.686. The monoisotopic (exact) mass is 276 g/mol. The smallest absolute Gasteiger partial charge is 0.262 e. The number of hydrogen-bond donors (Lipinski definition) is 1. The van der Waals surface area contributed by atoms with Gasteiger partial charge in [0.25, 0.3) is 11.8 Å². The van der Waals surface area contributed by atoms with Gasteiger partial charge in [-0.05, 0) is 19.1 Å². The van der Waals surface area contributed by atoms with E-state index in [-0.39, 0.29) is 18.5 Å². The van der Waals surface area contributed by atoms with Gasteiger partial charge in [0.1, 0.15) is 6.54 Å². The van der Waals surface area contributed by atoms with Crippen LogP contribution in [0.3, 0.4) is 0 Å². The first-order valence-electron chi connectivity index (χ1n) is 6.28. The Balaban J connectivity index is 2.04. The van der Waals surface area contributed by atoms with Crippen molar-refractivity contribution in [1.29, 1.82) is 0 Å². The van der Waals surface area contributed by atoms with Crippen molar-refractivity contribution in [2.24, 2.45) is 0 Å². The summed E-state index contributed by atoms with van der Waals surface area (Å²) in [7, 11) is 1.53. The van der Waals surface area contributed by atoms with Crippen LogP contribution in [-0.4, -0.2) is 48.9 Å². The Morgan fingerprint density at radius 2 is 1.80 bits per heavy atom. The third kappa shape index (κ3) is 2.70. The second-order valence-electron chi connectivity index (χ2n) is 4.67. The number of rotatable bonds is 5. The lowest BCUT2D eigenvalue weighted by Gasteiger charge is -2.16. The molecule has 3 amide bonds. The highest BCUT2D eigenvalue weighted by Gasteiger charge is 2.36. The molecule has 1 atom stereocenters. The maximum atomic E-state index is 12.1. The standard InChI is InChI=1S/C14H16N2O4/c1-9(8-20-2)15-12(17)7-16-13(18)10-5-3-4-6-11(10)14(16)19/h3-6,9H,7-8H2,1-2H3,(H,15,17). The predicted molar refractivity (Wildman–Crippen MR) is 71.3 cm³/mol. The first-order valence-corrected chi connectivity index (χ1v) is 6.28. The zero-order chi connectivity index (χ0) is 14.7. The molecule has 0 saturated carbocycles. The van der Waals surface area contributed by atoms with Crippen LogP contribution >= 0.6 is 0 Å². The van der Waals surface area contributed by atoms with Crippen LogP contribution in [0.1, 0.15) is 27.6 Å². The van der Waals surface area contributed by atoms with Crippen LogP contribution < -0.4 is 5.32 Å². The van der Waals surface area contributed by atoms with Gasteiger partial charge in [-0.1, -0.05) is 12.1 Å². The van der Waals surface area contributed by atoms with Crippen molar-refractivity contribution in [3.05, 3.63) is 35.4 Å². The quantitative estimate of drug-likeness (QED) is 0.791. The molecule has 0 saturated heterocycles. The van der Waals surface area contributed by atoms with Gasteiger partial charge in [0.2, 0.25) is 5.91 Å². The molecule has 0 aliphatic carbocycles. The molecule has 6 heteroatoms. The summed E-state index contributed by atoms with van der Waals surface area (Å²) in [6.07, 6.45) is 0. The zero-order valence-electron chi connectivity index (χ0n) is 11.4. The van der Waals surface area contributed by atoms with Gasteiger partial charge >= 0.3 is 0 Å². The number of nitrogens with one attached hydrogen (secondary N) is 1. The molecule has 20 heavy (non-hydrogen) atoms. The van der Waals surface area contributed by atoms with Crippen LogP contribution in [0.25, 0.3) is 0 Å². The van der Waals surface area contributed by atoms with E-state index in [1.54, 1.807) is 31.2 Å². The first kappa shape index (κ1) is 14.2. The molecule has 1 aromatic carbocycles. The van der Waals surface area contributed by atoms with E-state index in [0.29, 0.717) is 17.7 Å². The van der Waals surface area contributed by atoms with Gasteiger partial charge in [-0.25, -0.2) is 0 Å². The number of imide groups is 1. The summed E-state index contributed by atoms with van der Waals surface area (Å²) < 4.78 is 4.91. The number of hydrogen-bond acceptors (Lipinski definition) is 4. The minimum atomic E-state index is -0.430. The van der Waals surface area contributed by atoms with Crippen molar-refractivity contribution in [1.82, 2.24) is 10.2 Å². The van der Waals surface area contributed by atoms with E-state index in [0.717, 1.165) is 4.90 Å². The molecule has 1 heterocycles. The minimum Gasteiger partial charge on any atom is -0.383 e. The van der Waals surface area contributed by atoms with Crippen LogP contribution in [0, 0.1) is 0 Å². The van der Waals surface area contributed by atoms with Crippen molar-refractivity contribution >= 4 is 17.7 Å². The molecule has 1 unspecified atom stereocenters. The molecule has 0 fully saturated rings. The molecule has 0 bridgehead atoms. The van der Waals surface area contributed by atoms with Gasteiger partial charge in [0.15, 0.2) is 0 Å². The second-order valence-corrected chi connectivity index (χ2v) is 4.67. The topological polar surface area (TPSA) is 75.7 Å². The molecule has 106 valence electrons. The first-order chi connectivity index (χ1) is 9.54. The highest BCUT2D eigenvalue weighted by Crippen LogP contribution is 2.21. The van der Waals surface area contributed by atoms with Gasteiger partial charge in [-0.15, -0.1) is 0 Å². The molecular formula is C14H16N2O4. The molecular weight excluding hydrogens is 260 g/mol. The van der Waals surface area contributed by atoms with E-state index in [4.69, 9.17) is 4.74 Å². The molecule has 1 aliphatic rings. The number of fused-ring (bicyclic) bond motifs is 1. The molecule has 0 aromatic heterocycles. The van der Waals surface area contributed by atoms with E-state index in [2.05, 4.69) is 5.32 Å². The van der Waals surface area contributed by atoms with Crippen LogP contribution in [0.15, 0.2) is 24.3 Å². The van der Waals surface area contributed by atoms with Crippen molar-refractivity contribution in [3.63, 3.8) is 0 Å². The number of nitrogens with zero attached hydrogens (tertiary/aromatic N) is 1. The van der Waals surface area contributed by atoms with Gasteiger partial charge in [-0.2, -0.15) is 0 Å². The third-order valence-corrected chi connectivity index (χ3v) is 3.00. The lowest BCUT2D eigenvalue weighted by atomic mass is 10.1. The lowest BCUT2D eigenvalue weighted by molar-refractivity contribution is -0.122.